The van der Waals surface area contributed by atoms with E-state index in [-0.39, 0.29) is 11.1 Å². The van der Waals surface area contributed by atoms with E-state index in [4.69, 9.17) is 5.11 Å². The molecule has 1 aromatic heterocycles. The summed E-state index contributed by atoms with van der Waals surface area (Å²) in [6.07, 6.45) is 0. The molecule has 3 rings (SSSR count). The average molecular weight is 491 g/mol. The number of nitrogens with zero attached hydrogens (tertiary/aromatic N) is 2. The topological polar surface area (TPSA) is 87.4 Å². The average Bonchev–Trinajstić information content (AvgIpc) is 2.59. The monoisotopic (exact) mass is 491 g/mol. The second kappa shape index (κ2) is 6.89. The van der Waals surface area contributed by atoms with Gasteiger partial charge in [0.1, 0.15) is 0 Å². The van der Waals surface area contributed by atoms with E-state index >= 15 is 0 Å². The molecule has 7 heteroatoms. The molecule has 0 fully saturated rings. The fraction of sp³-hybridized carbons (Fsp3) is 0.0588. The summed E-state index contributed by atoms with van der Waals surface area (Å²) in [6, 6.07) is 14.0. The van der Waals surface area contributed by atoms with Gasteiger partial charge in [0.2, 0.25) is 0 Å². The first kappa shape index (κ1) is 16.3. The summed E-state index contributed by atoms with van der Waals surface area (Å²) < 4.78 is 3.20. The molecular formula is C17H13N3O3W. The zero-order chi connectivity index (χ0) is 17.1. The molecule has 24 heavy (non-hydrogen) atoms. The van der Waals surface area contributed by atoms with Crippen molar-refractivity contribution in [2.45, 2.75) is 6.54 Å². The maximum atomic E-state index is 12.9. The van der Waals surface area contributed by atoms with E-state index in [1.165, 1.54) is 36.1 Å². The molecular weight excluding hydrogens is 478 g/mol. The van der Waals surface area contributed by atoms with Crippen LogP contribution in [0.15, 0.2) is 58.3 Å². The Kier molecular flexibility index (Phi) is 4.67. The summed E-state index contributed by atoms with van der Waals surface area (Å²) in [5.41, 5.74) is 1.77. The Morgan fingerprint density at radius 1 is 1.25 bits per heavy atom. The first-order chi connectivity index (χ1) is 11.6. The van der Waals surface area contributed by atoms with Gasteiger partial charge in [-0.25, -0.2) is 0 Å². The van der Waals surface area contributed by atoms with Crippen molar-refractivity contribution in [2.75, 3.05) is 0 Å². The van der Waals surface area contributed by atoms with Crippen LogP contribution in [0.5, 0.6) is 0 Å². The zero-order valence-electron chi connectivity index (χ0n) is 12.5. The van der Waals surface area contributed by atoms with E-state index < -0.39 is 5.97 Å². The molecule has 120 valence electrons. The second-order valence-corrected chi connectivity index (χ2v) is 5.88. The van der Waals surface area contributed by atoms with E-state index in [1.54, 1.807) is 10.6 Å². The Labute approximate surface area is 147 Å². The van der Waals surface area contributed by atoms with Gasteiger partial charge in [0.05, 0.1) is 0 Å². The second-order valence-electron chi connectivity index (χ2n) is 5.13. The predicted octanol–water partition coefficient (Wildman–Crippen LogP) is 1.28. The van der Waals surface area contributed by atoms with Gasteiger partial charge in [-0.3, -0.25) is 0 Å². The van der Waals surface area contributed by atoms with Crippen molar-refractivity contribution in [1.29, 1.82) is 0 Å². The third-order valence-corrected chi connectivity index (χ3v) is 3.98. The number of H-pyrrole nitrogens is 1. The molecule has 0 radical (unpaired) electrons. The third-order valence-electron chi connectivity index (χ3n) is 3.60. The molecule has 0 spiro atoms. The van der Waals surface area contributed by atoms with Gasteiger partial charge in [-0.2, -0.15) is 0 Å². The van der Waals surface area contributed by atoms with Crippen molar-refractivity contribution in [3.63, 3.8) is 0 Å². The number of carboxylic acid groups (broad SMARTS) is 1. The van der Waals surface area contributed by atoms with Crippen LogP contribution in [-0.4, -0.2) is 25.2 Å². The Morgan fingerprint density at radius 2 is 2.00 bits per heavy atom. The van der Waals surface area contributed by atoms with Crippen molar-refractivity contribution in [3.8, 4) is 0 Å². The Bertz CT molecular complexity index is 1050. The van der Waals surface area contributed by atoms with Crippen LogP contribution in [-0.2, 0) is 25.9 Å². The molecule has 0 atom stereocenters. The molecule has 0 amide bonds. The molecule has 0 aliphatic carbocycles. The first-order valence-corrected chi connectivity index (χ1v) is 8.81. The number of carbonyl (C=O) groups is 1. The van der Waals surface area contributed by atoms with Gasteiger partial charge in [-0.15, -0.1) is 0 Å². The van der Waals surface area contributed by atoms with Crippen LogP contribution in [0.2, 0.25) is 0 Å². The Morgan fingerprint density at radius 3 is 2.67 bits per heavy atom. The number of hydrogen-bond donors (Lipinski definition) is 2. The molecule has 3 aromatic rings. The minimum absolute atomic E-state index is 0.0791. The Hall–Kier alpha value is -2.59. The van der Waals surface area contributed by atoms with Crippen LogP contribution in [0.1, 0.15) is 15.9 Å². The van der Waals surface area contributed by atoms with Crippen LogP contribution in [0.4, 0.5) is 0 Å². The van der Waals surface area contributed by atoms with Gasteiger partial charge in [-0.05, 0) is 0 Å². The standard InChI is InChI=1S/C17H13N3O3.W/c1-18-17-19-14-8-7-12(16(22)23)9-13(14)15(21)20(17)10-11-5-3-2-4-6-11;/h1-9,19H,10H2,(H,22,23);. The number of hydrogen-bond acceptors (Lipinski definition) is 3. The summed E-state index contributed by atoms with van der Waals surface area (Å²) in [5, 5.41) is 9.47. The summed E-state index contributed by atoms with van der Waals surface area (Å²) in [4.78, 5) is 31.4. The molecule has 1 heterocycles. The first-order valence-electron chi connectivity index (χ1n) is 7.12. The SMILES string of the molecule is O=C(O)c1ccc2[nH]c(=N[CH]=[W])n(Cc3ccccc3)c(=O)c2c1. The zero-order valence-corrected chi connectivity index (χ0v) is 15.4. The quantitative estimate of drug-likeness (QED) is 0.577. The number of fused-ring (bicyclic) bond motifs is 1. The van der Waals surface area contributed by atoms with Crippen molar-refractivity contribution >= 4 is 21.4 Å². The van der Waals surface area contributed by atoms with Gasteiger partial charge < -0.3 is 0 Å². The van der Waals surface area contributed by atoms with Gasteiger partial charge in [0.25, 0.3) is 0 Å². The molecule has 0 saturated carbocycles. The van der Waals surface area contributed by atoms with E-state index in [0.717, 1.165) is 5.56 Å². The third kappa shape index (κ3) is 3.19. The summed E-state index contributed by atoms with van der Waals surface area (Å²) in [6.45, 7) is 0.353. The maximum absolute atomic E-state index is 12.9. The van der Waals surface area contributed by atoms with Crippen molar-refractivity contribution in [2.24, 2.45) is 4.99 Å². The van der Waals surface area contributed by atoms with E-state index in [9.17, 15) is 9.59 Å². The predicted molar refractivity (Wildman–Crippen MR) is 86.7 cm³/mol. The van der Waals surface area contributed by atoms with Crippen molar-refractivity contribution < 1.29 is 29.3 Å². The number of aromatic amines is 1. The van der Waals surface area contributed by atoms with Crippen LogP contribution in [0.25, 0.3) is 10.9 Å². The molecule has 0 bridgehead atoms. The summed E-state index contributed by atoms with van der Waals surface area (Å²) in [5.74, 6) is -1.06. The molecule has 2 aromatic carbocycles. The molecule has 2 N–H and O–H groups in total. The van der Waals surface area contributed by atoms with Crippen LogP contribution in [0, 0.1) is 0 Å². The normalized spacial score (nSPS) is 11.6. The van der Waals surface area contributed by atoms with Crippen molar-refractivity contribution in [1.82, 2.24) is 9.55 Å². The van der Waals surface area contributed by atoms with Gasteiger partial charge in [0.15, 0.2) is 0 Å². The molecule has 0 unspecified atom stereocenters. The number of aromatic nitrogens is 2. The van der Waals surface area contributed by atoms with Gasteiger partial charge in [0, 0.05) is 0 Å². The van der Waals surface area contributed by atoms with Crippen LogP contribution in [0.3, 0.4) is 0 Å². The van der Waals surface area contributed by atoms with Gasteiger partial charge in [-0.1, -0.05) is 0 Å². The van der Waals surface area contributed by atoms with Crippen molar-refractivity contribution in [3.05, 3.63) is 75.6 Å². The number of rotatable bonds is 4. The summed E-state index contributed by atoms with van der Waals surface area (Å²) in [7, 11) is 0. The molecule has 0 saturated heterocycles. The van der Waals surface area contributed by atoms with E-state index in [0.29, 0.717) is 23.1 Å². The van der Waals surface area contributed by atoms with E-state index in [1.807, 2.05) is 30.3 Å². The number of benzene rings is 2. The number of carboxylic acids is 1. The van der Waals surface area contributed by atoms with Crippen LogP contribution >= 0.6 is 0 Å². The molecule has 0 aliphatic rings. The molecule has 0 aliphatic heterocycles. The van der Waals surface area contributed by atoms with Crippen LogP contribution < -0.4 is 11.2 Å². The number of aromatic carboxylic acids is 1. The van der Waals surface area contributed by atoms with Gasteiger partial charge >= 0.3 is 147 Å². The van der Waals surface area contributed by atoms with E-state index in [2.05, 4.69) is 9.98 Å². The fourth-order valence-electron chi connectivity index (χ4n) is 2.46. The number of nitrogens with one attached hydrogen (secondary N) is 1. The fourth-order valence-corrected chi connectivity index (χ4v) is 2.82. The Balaban J connectivity index is 2.28. The summed E-state index contributed by atoms with van der Waals surface area (Å²) >= 11 is 1.17. The minimum atomic E-state index is -1.06. The molecule has 6 nitrogen and oxygen atoms in total.